The van der Waals surface area contributed by atoms with E-state index in [1.807, 2.05) is 38.1 Å². The molecule has 0 aliphatic heterocycles. The lowest BCUT2D eigenvalue weighted by Crippen LogP contribution is -2.24. The summed E-state index contributed by atoms with van der Waals surface area (Å²) < 4.78 is 16.5. The van der Waals surface area contributed by atoms with Gasteiger partial charge in [-0.15, -0.1) is 0 Å². The van der Waals surface area contributed by atoms with Crippen LogP contribution in [0, 0.1) is 13.8 Å². The molecule has 0 bridgehead atoms. The molecule has 0 saturated carbocycles. The van der Waals surface area contributed by atoms with Crippen molar-refractivity contribution in [2.24, 2.45) is 0 Å². The fraction of sp³-hybridized carbons (Fsp3) is 0.412. The molecule has 2 rings (SSSR count). The predicted molar refractivity (Wildman–Crippen MR) is 83.1 cm³/mol. The molecule has 4 nitrogen and oxygen atoms in total. The number of furan rings is 1. The second-order valence-electron chi connectivity index (χ2n) is 5.04. The zero-order valence-electron chi connectivity index (χ0n) is 13.1. The van der Waals surface area contributed by atoms with Crippen LogP contribution < -0.4 is 14.8 Å². The van der Waals surface area contributed by atoms with Crippen molar-refractivity contribution in [1.82, 2.24) is 5.32 Å². The maximum atomic E-state index is 5.74. The zero-order valence-corrected chi connectivity index (χ0v) is 13.1. The van der Waals surface area contributed by atoms with Crippen LogP contribution in [0.5, 0.6) is 11.5 Å². The van der Waals surface area contributed by atoms with Gasteiger partial charge in [-0.2, -0.15) is 0 Å². The molecule has 0 aliphatic rings. The minimum atomic E-state index is 0.240. The Labute approximate surface area is 126 Å². The molecule has 1 heterocycles. The number of nitrogens with one attached hydrogen (secondary N) is 1. The van der Waals surface area contributed by atoms with Gasteiger partial charge in [-0.25, -0.2) is 0 Å². The number of methoxy groups -OCH3 is 1. The first-order valence-corrected chi connectivity index (χ1v) is 7.18. The molecule has 0 fully saturated rings. The summed E-state index contributed by atoms with van der Waals surface area (Å²) in [6.07, 6.45) is 0. The molecule has 0 amide bonds. The van der Waals surface area contributed by atoms with E-state index in [1.54, 1.807) is 7.11 Å². The molecule has 0 spiro atoms. The van der Waals surface area contributed by atoms with Gasteiger partial charge in [0.1, 0.15) is 18.1 Å². The summed E-state index contributed by atoms with van der Waals surface area (Å²) in [4.78, 5) is 0. The lowest BCUT2D eigenvalue weighted by atomic mass is 10.1. The van der Waals surface area contributed by atoms with Crippen molar-refractivity contribution >= 4 is 0 Å². The molecule has 0 aliphatic carbocycles. The van der Waals surface area contributed by atoms with Gasteiger partial charge in [0.2, 0.25) is 0 Å². The molecule has 1 unspecified atom stereocenters. The number of para-hydroxylation sites is 2. The van der Waals surface area contributed by atoms with Gasteiger partial charge in [-0.1, -0.05) is 12.1 Å². The Balaban J connectivity index is 1.80. The first-order chi connectivity index (χ1) is 10.1. The van der Waals surface area contributed by atoms with E-state index in [4.69, 9.17) is 13.9 Å². The first-order valence-electron chi connectivity index (χ1n) is 7.18. The Morgan fingerprint density at radius 2 is 1.90 bits per heavy atom. The molecule has 4 heteroatoms. The second kappa shape index (κ2) is 7.18. The van der Waals surface area contributed by atoms with Gasteiger partial charge in [0.25, 0.3) is 0 Å². The summed E-state index contributed by atoms with van der Waals surface area (Å²) in [6, 6.07) is 9.98. The van der Waals surface area contributed by atoms with Crippen LogP contribution in [0.3, 0.4) is 0 Å². The van der Waals surface area contributed by atoms with Gasteiger partial charge in [0, 0.05) is 18.2 Å². The van der Waals surface area contributed by atoms with Gasteiger partial charge < -0.3 is 19.2 Å². The Bertz CT molecular complexity index is 577. The molecule has 2 aromatic rings. The fourth-order valence-corrected chi connectivity index (χ4v) is 2.36. The average molecular weight is 289 g/mol. The third-order valence-electron chi connectivity index (χ3n) is 3.43. The summed E-state index contributed by atoms with van der Waals surface area (Å²) in [7, 11) is 1.65. The van der Waals surface area contributed by atoms with Crippen molar-refractivity contribution in [3.8, 4) is 11.5 Å². The van der Waals surface area contributed by atoms with Crippen molar-refractivity contribution in [3.63, 3.8) is 0 Å². The molecular formula is C17H23NO3. The molecule has 114 valence electrons. The van der Waals surface area contributed by atoms with E-state index in [1.165, 1.54) is 5.56 Å². The lowest BCUT2D eigenvalue weighted by Gasteiger charge is -2.14. The molecule has 21 heavy (non-hydrogen) atoms. The van der Waals surface area contributed by atoms with Crippen molar-refractivity contribution in [2.45, 2.75) is 26.8 Å². The Hall–Kier alpha value is -1.94. The summed E-state index contributed by atoms with van der Waals surface area (Å²) in [5, 5.41) is 3.43. The second-order valence-corrected chi connectivity index (χ2v) is 5.04. The van der Waals surface area contributed by atoms with Crippen LogP contribution >= 0.6 is 0 Å². The van der Waals surface area contributed by atoms with Crippen LogP contribution in [-0.4, -0.2) is 20.3 Å². The van der Waals surface area contributed by atoms with E-state index in [-0.39, 0.29) is 6.04 Å². The molecule has 1 aromatic heterocycles. The van der Waals surface area contributed by atoms with E-state index in [0.717, 1.165) is 29.6 Å². The van der Waals surface area contributed by atoms with Crippen LogP contribution in [0.4, 0.5) is 0 Å². The van der Waals surface area contributed by atoms with Crippen molar-refractivity contribution in [2.75, 3.05) is 20.3 Å². The zero-order chi connectivity index (χ0) is 15.2. The van der Waals surface area contributed by atoms with Crippen molar-refractivity contribution < 1.29 is 13.9 Å². The molecule has 0 saturated heterocycles. The maximum absolute atomic E-state index is 5.74. The molecule has 0 radical (unpaired) electrons. The first kappa shape index (κ1) is 15.4. The van der Waals surface area contributed by atoms with Crippen LogP contribution in [-0.2, 0) is 0 Å². The van der Waals surface area contributed by atoms with Gasteiger partial charge in [0.05, 0.1) is 7.11 Å². The monoisotopic (exact) mass is 289 g/mol. The highest BCUT2D eigenvalue weighted by Crippen LogP contribution is 2.25. The summed E-state index contributed by atoms with van der Waals surface area (Å²) >= 11 is 0. The van der Waals surface area contributed by atoms with E-state index < -0.39 is 0 Å². The number of benzene rings is 1. The summed E-state index contributed by atoms with van der Waals surface area (Å²) in [6.45, 7) is 7.42. The number of aryl methyl sites for hydroxylation is 2. The van der Waals surface area contributed by atoms with E-state index in [2.05, 4.69) is 18.3 Å². The van der Waals surface area contributed by atoms with Crippen molar-refractivity contribution in [1.29, 1.82) is 0 Å². The van der Waals surface area contributed by atoms with E-state index in [9.17, 15) is 0 Å². The Morgan fingerprint density at radius 3 is 2.52 bits per heavy atom. The number of rotatable bonds is 7. The van der Waals surface area contributed by atoms with Crippen LogP contribution in [0.25, 0.3) is 0 Å². The Kier molecular flexibility index (Phi) is 5.28. The van der Waals surface area contributed by atoms with Crippen LogP contribution in [0.2, 0.25) is 0 Å². The average Bonchev–Trinajstić information content (AvgIpc) is 2.82. The third-order valence-corrected chi connectivity index (χ3v) is 3.43. The van der Waals surface area contributed by atoms with Gasteiger partial charge in [0.15, 0.2) is 11.5 Å². The standard InChI is InChI=1S/C17H23NO3/c1-12-11-15(14(3)21-12)13(2)18-9-10-20-17-8-6-5-7-16(17)19-4/h5-8,11,13,18H,9-10H2,1-4H3. The Morgan fingerprint density at radius 1 is 1.19 bits per heavy atom. The van der Waals surface area contributed by atoms with Gasteiger partial charge in [-0.05, 0) is 39.0 Å². The molecule has 1 aromatic carbocycles. The number of hydrogen-bond acceptors (Lipinski definition) is 4. The predicted octanol–water partition coefficient (Wildman–Crippen LogP) is 3.63. The highest BCUT2D eigenvalue weighted by molar-refractivity contribution is 5.39. The number of hydrogen-bond donors (Lipinski definition) is 1. The highest BCUT2D eigenvalue weighted by atomic mass is 16.5. The number of ether oxygens (including phenoxy) is 2. The lowest BCUT2D eigenvalue weighted by molar-refractivity contribution is 0.287. The molecular weight excluding hydrogens is 266 g/mol. The molecule has 1 N–H and O–H groups in total. The summed E-state index contributed by atoms with van der Waals surface area (Å²) in [5.74, 6) is 3.44. The van der Waals surface area contributed by atoms with Gasteiger partial charge in [-0.3, -0.25) is 0 Å². The topological polar surface area (TPSA) is 43.6 Å². The quantitative estimate of drug-likeness (QED) is 0.790. The smallest absolute Gasteiger partial charge is 0.161 e. The third kappa shape index (κ3) is 4.02. The van der Waals surface area contributed by atoms with Crippen LogP contribution in [0.15, 0.2) is 34.7 Å². The summed E-state index contributed by atoms with van der Waals surface area (Å²) in [5.41, 5.74) is 1.20. The van der Waals surface area contributed by atoms with Gasteiger partial charge >= 0.3 is 0 Å². The van der Waals surface area contributed by atoms with Crippen LogP contribution in [0.1, 0.15) is 30.0 Å². The minimum absolute atomic E-state index is 0.240. The van der Waals surface area contributed by atoms with E-state index >= 15 is 0 Å². The maximum Gasteiger partial charge on any atom is 0.161 e. The normalized spacial score (nSPS) is 12.2. The minimum Gasteiger partial charge on any atom is -0.493 e. The van der Waals surface area contributed by atoms with E-state index in [0.29, 0.717) is 6.61 Å². The fourth-order valence-electron chi connectivity index (χ4n) is 2.36. The highest BCUT2D eigenvalue weighted by Gasteiger charge is 2.12. The van der Waals surface area contributed by atoms with Crippen molar-refractivity contribution in [3.05, 3.63) is 47.4 Å². The molecule has 1 atom stereocenters. The SMILES string of the molecule is COc1ccccc1OCCNC(C)c1cc(C)oc1C. The largest absolute Gasteiger partial charge is 0.493 e.